The van der Waals surface area contributed by atoms with Crippen LogP contribution in [0.1, 0.15) is 5.56 Å². The standard InChI is InChI=1S/C18H18N8/c1-2-10-25-16-14(22-18(25)26-11-6-9-21-26)15(19)23-17(24-16)20-12-13-7-4-3-5-8-13/h2-9,11H,1,10,12H2,(H3,19,20,23,24). The number of nitrogens with two attached hydrogens (primary N) is 1. The van der Waals surface area contributed by atoms with Crippen LogP contribution < -0.4 is 11.1 Å². The summed E-state index contributed by atoms with van der Waals surface area (Å²) < 4.78 is 3.57. The van der Waals surface area contributed by atoms with Crippen molar-refractivity contribution in [2.45, 2.75) is 13.1 Å². The van der Waals surface area contributed by atoms with Gasteiger partial charge in [-0.1, -0.05) is 36.4 Å². The van der Waals surface area contributed by atoms with Gasteiger partial charge in [-0.25, -0.2) is 9.67 Å². The number of imidazole rings is 1. The average Bonchev–Trinajstić information content (AvgIpc) is 3.30. The third-order valence-electron chi connectivity index (χ3n) is 3.92. The maximum absolute atomic E-state index is 6.14. The molecule has 130 valence electrons. The van der Waals surface area contributed by atoms with Crippen LogP contribution in [-0.4, -0.2) is 29.3 Å². The van der Waals surface area contributed by atoms with E-state index in [9.17, 15) is 0 Å². The van der Waals surface area contributed by atoms with E-state index in [4.69, 9.17) is 5.73 Å². The Balaban J connectivity index is 1.75. The van der Waals surface area contributed by atoms with E-state index in [0.717, 1.165) is 5.56 Å². The fraction of sp³-hybridized carbons (Fsp3) is 0.111. The Bertz CT molecular complexity index is 1030. The maximum atomic E-state index is 6.14. The summed E-state index contributed by atoms with van der Waals surface area (Å²) in [4.78, 5) is 13.5. The topological polar surface area (TPSA) is 99.5 Å². The molecule has 0 aliphatic carbocycles. The van der Waals surface area contributed by atoms with Crippen LogP contribution >= 0.6 is 0 Å². The van der Waals surface area contributed by atoms with Gasteiger partial charge in [-0.05, 0) is 11.6 Å². The van der Waals surface area contributed by atoms with Gasteiger partial charge in [0.15, 0.2) is 17.0 Å². The summed E-state index contributed by atoms with van der Waals surface area (Å²) in [6, 6.07) is 11.9. The highest BCUT2D eigenvalue weighted by Crippen LogP contribution is 2.23. The van der Waals surface area contributed by atoms with Crippen LogP contribution in [0.5, 0.6) is 0 Å². The number of fused-ring (bicyclic) bond motifs is 1. The van der Waals surface area contributed by atoms with Gasteiger partial charge in [0.25, 0.3) is 0 Å². The third kappa shape index (κ3) is 2.88. The van der Waals surface area contributed by atoms with Crippen molar-refractivity contribution >= 4 is 22.9 Å². The molecule has 0 fully saturated rings. The monoisotopic (exact) mass is 346 g/mol. The molecule has 0 aliphatic heterocycles. The van der Waals surface area contributed by atoms with Crippen LogP contribution in [0.4, 0.5) is 11.8 Å². The van der Waals surface area contributed by atoms with Gasteiger partial charge < -0.3 is 11.1 Å². The SMILES string of the molecule is C=CCn1c(-n2cccn2)nc2c(N)nc(NCc3ccccc3)nc21. The second-order valence-corrected chi connectivity index (χ2v) is 5.71. The van der Waals surface area contributed by atoms with E-state index in [-0.39, 0.29) is 0 Å². The zero-order chi connectivity index (χ0) is 17.9. The number of aromatic nitrogens is 6. The van der Waals surface area contributed by atoms with Gasteiger partial charge in [-0.15, -0.1) is 6.58 Å². The van der Waals surface area contributed by atoms with Gasteiger partial charge in [0.2, 0.25) is 11.9 Å². The molecule has 8 nitrogen and oxygen atoms in total. The summed E-state index contributed by atoms with van der Waals surface area (Å²) in [6.45, 7) is 4.95. The fourth-order valence-electron chi connectivity index (χ4n) is 2.73. The molecule has 0 spiro atoms. The van der Waals surface area contributed by atoms with E-state index in [0.29, 0.717) is 42.0 Å². The molecule has 0 aliphatic rings. The fourth-order valence-corrected chi connectivity index (χ4v) is 2.73. The first-order valence-electron chi connectivity index (χ1n) is 8.18. The lowest BCUT2D eigenvalue weighted by atomic mass is 10.2. The van der Waals surface area contributed by atoms with Gasteiger partial charge >= 0.3 is 0 Å². The molecule has 3 heterocycles. The summed E-state index contributed by atoms with van der Waals surface area (Å²) in [5, 5.41) is 7.46. The highest BCUT2D eigenvalue weighted by Gasteiger charge is 2.17. The van der Waals surface area contributed by atoms with Crippen LogP contribution in [0.15, 0.2) is 61.4 Å². The lowest BCUT2D eigenvalue weighted by molar-refractivity contribution is 0.725. The predicted octanol–water partition coefficient (Wildman–Crippen LogP) is 2.39. The molecule has 0 radical (unpaired) electrons. The van der Waals surface area contributed by atoms with Crippen LogP contribution in [0.3, 0.4) is 0 Å². The highest BCUT2D eigenvalue weighted by molar-refractivity contribution is 5.84. The van der Waals surface area contributed by atoms with E-state index >= 15 is 0 Å². The molecule has 0 unspecified atom stereocenters. The Labute approximate surface area is 150 Å². The molecule has 26 heavy (non-hydrogen) atoms. The largest absolute Gasteiger partial charge is 0.382 e. The lowest BCUT2D eigenvalue weighted by Crippen LogP contribution is -2.09. The number of nitrogen functional groups attached to an aromatic ring is 1. The van der Waals surface area contributed by atoms with Gasteiger partial charge in [0.1, 0.15) is 0 Å². The number of rotatable bonds is 6. The summed E-state index contributed by atoms with van der Waals surface area (Å²) >= 11 is 0. The van der Waals surface area contributed by atoms with E-state index in [1.807, 2.05) is 47.2 Å². The van der Waals surface area contributed by atoms with Crippen molar-refractivity contribution in [3.05, 3.63) is 67.0 Å². The zero-order valence-electron chi connectivity index (χ0n) is 14.1. The molecule has 0 saturated heterocycles. The van der Waals surface area contributed by atoms with Crippen molar-refractivity contribution in [3.8, 4) is 5.95 Å². The maximum Gasteiger partial charge on any atom is 0.233 e. The smallest absolute Gasteiger partial charge is 0.233 e. The summed E-state index contributed by atoms with van der Waals surface area (Å²) in [6.07, 6.45) is 5.29. The molecular weight excluding hydrogens is 328 g/mol. The van der Waals surface area contributed by atoms with Crippen molar-refractivity contribution < 1.29 is 0 Å². The molecule has 4 rings (SSSR count). The lowest BCUT2D eigenvalue weighted by Gasteiger charge is -2.08. The molecule has 1 aromatic carbocycles. The summed E-state index contributed by atoms with van der Waals surface area (Å²) in [5.74, 6) is 1.39. The minimum atomic E-state index is 0.321. The van der Waals surface area contributed by atoms with E-state index in [1.54, 1.807) is 17.0 Å². The number of anilines is 2. The highest BCUT2D eigenvalue weighted by atomic mass is 15.4. The van der Waals surface area contributed by atoms with Crippen molar-refractivity contribution in [3.63, 3.8) is 0 Å². The quantitative estimate of drug-likeness (QED) is 0.520. The molecule has 0 atom stereocenters. The summed E-state index contributed by atoms with van der Waals surface area (Å²) in [5.41, 5.74) is 8.45. The number of allylic oxidation sites excluding steroid dienone is 1. The second-order valence-electron chi connectivity index (χ2n) is 5.71. The van der Waals surface area contributed by atoms with Crippen LogP contribution in [-0.2, 0) is 13.1 Å². The minimum absolute atomic E-state index is 0.321. The number of hydrogen-bond acceptors (Lipinski definition) is 6. The molecule has 3 aromatic heterocycles. The number of nitrogens with one attached hydrogen (secondary N) is 1. The molecule has 3 N–H and O–H groups in total. The van der Waals surface area contributed by atoms with Crippen LogP contribution in [0.2, 0.25) is 0 Å². The van der Waals surface area contributed by atoms with Gasteiger partial charge in [0, 0.05) is 25.5 Å². The Kier molecular flexibility index (Phi) is 4.06. The normalized spacial score (nSPS) is 10.9. The van der Waals surface area contributed by atoms with Gasteiger partial charge in [-0.2, -0.15) is 15.1 Å². The molecule has 8 heteroatoms. The molecule has 4 aromatic rings. The first kappa shape index (κ1) is 15.8. The Morgan fingerprint density at radius 1 is 1.12 bits per heavy atom. The number of hydrogen-bond donors (Lipinski definition) is 2. The molecule has 0 amide bonds. The van der Waals surface area contributed by atoms with Crippen molar-refractivity contribution in [1.29, 1.82) is 0 Å². The predicted molar refractivity (Wildman–Crippen MR) is 101 cm³/mol. The van der Waals surface area contributed by atoms with Crippen molar-refractivity contribution in [2.75, 3.05) is 11.1 Å². The number of benzene rings is 1. The Hall–Kier alpha value is -3.68. The Morgan fingerprint density at radius 3 is 2.69 bits per heavy atom. The first-order chi connectivity index (χ1) is 12.8. The van der Waals surface area contributed by atoms with Crippen molar-refractivity contribution in [1.82, 2.24) is 29.3 Å². The van der Waals surface area contributed by atoms with Crippen molar-refractivity contribution in [2.24, 2.45) is 0 Å². The molecule has 0 saturated carbocycles. The molecule has 0 bridgehead atoms. The molecular formula is C18H18N8. The zero-order valence-corrected chi connectivity index (χ0v) is 14.1. The van der Waals surface area contributed by atoms with E-state index < -0.39 is 0 Å². The number of nitrogens with zero attached hydrogens (tertiary/aromatic N) is 6. The van der Waals surface area contributed by atoms with Crippen LogP contribution in [0, 0.1) is 0 Å². The summed E-state index contributed by atoms with van der Waals surface area (Å²) in [7, 11) is 0. The third-order valence-corrected chi connectivity index (χ3v) is 3.92. The second kappa shape index (κ2) is 6.67. The van der Waals surface area contributed by atoms with E-state index in [1.165, 1.54) is 0 Å². The average molecular weight is 346 g/mol. The first-order valence-corrected chi connectivity index (χ1v) is 8.18. The minimum Gasteiger partial charge on any atom is -0.382 e. The van der Waals surface area contributed by atoms with Gasteiger partial charge in [0.05, 0.1) is 0 Å². The van der Waals surface area contributed by atoms with Crippen LogP contribution in [0.25, 0.3) is 17.1 Å². The van der Waals surface area contributed by atoms with E-state index in [2.05, 4.69) is 31.9 Å². The Morgan fingerprint density at radius 2 is 1.96 bits per heavy atom. The van der Waals surface area contributed by atoms with Gasteiger partial charge in [-0.3, -0.25) is 4.57 Å².